The van der Waals surface area contributed by atoms with Crippen molar-refractivity contribution in [3.8, 4) is 0 Å². The minimum atomic E-state index is -0.775. The number of ether oxygens (including phenoxy) is 1. The van der Waals surface area contributed by atoms with Gasteiger partial charge < -0.3 is 14.9 Å². The molecule has 0 radical (unpaired) electrons. The van der Waals surface area contributed by atoms with Crippen LogP contribution in [0.1, 0.15) is 86.0 Å². The highest BCUT2D eigenvalue weighted by atomic mass is 16.5. The van der Waals surface area contributed by atoms with Gasteiger partial charge in [-0.25, -0.2) is 0 Å². The predicted octanol–water partition coefficient (Wildman–Crippen LogP) is 5.77. The summed E-state index contributed by atoms with van der Waals surface area (Å²) in [6.07, 6.45) is 4.64. The van der Waals surface area contributed by atoms with Crippen LogP contribution in [-0.4, -0.2) is 34.4 Å². The van der Waals surface area contributed by atoms with E-state index in [1.165, 1.54) is 0 Å². The van der Waals surface area contributed by atoms with Gasteiger partial charge in [-0.15, -0.1) is 0 Å². The van der Waals surface area contributed by atoms with Gasteiger partial charge >= 0.3 is 11.9 Å². The fourth-order valence-corrected chi connectivity index (χ4v) is 10.8. The van der Waals surface area contributed by atoms with Crippen molar-refractivity contribution in [1.82, 2.24) is 0 Å². The first kappa shape index (κ1) is 25.0. The average molecular weight is 485 g/mol. The standard InChI is InChI=1S/C30H44O5/c1-16(2)18-8-11-30(26(33)34)13-12-27(5)20(24(18)30)14-21-25-28(27,6)10-9-19(17(3)4)29(25,7)22(31)15-23(32)35-21/h18-22,24-25,31H,1,3,8-15H2,2,4-7H3,(H,33,34)/t18-,19-,20+,21+,22+,24-,25-,27+,28+,29+,30-/m0/s1. The molecule has 0 unspecified atom stereocenters. The van der Waals surface area contributed by atoms with Crippen LogP contribution in [0, 0.1) is 51.2 Å². The number of carbonyl (C=O) groups is 2. The molecule has 194 valence electrons. The van der Waals surface area contributed by atoms with Gasteiger partial charge in [-0.3, -0.25) is 9.59 Å². The summed E-state index contributed by atoms with van der Waals surface area (Å²) in [6, 6.07) is 0. The topological polar surface area (TPSA) is 83.8 Å². The van der Waals surface area contributed by atoms with Crippen molar-refractivity contribution in [2.75, 3.05) is 0 Å². The van der Waals surface area contributed by atoms with E-state index in [0.717, 1.165) is 36.8 Å². The summed E-state index contributed by atoms with van der Waals surface area (Å²) in [7, 11) is 0. The first-order chi connectivity index (χ1) is 16.2. The van der Waals surface area contributed by atoms with Gasteiger partial charge in [0, 0.05) is 11.3 Å². The number of hydrogen-bond donors (Lipinski definition) is 2. The maximum atomic E-state index is 13.0. The summed E-state index contributed by atoms with van der Waals surface area (Å²) in [5, 5.41) is 22.1. The molecule has 0 spiro atoms. The molecule has 0 aromatic carbocycles. The normalized spacial score (nSPS) is 52.9. The van der Waals surface area contributed by atoms with E-state index in [-0.39, 0.29) is 58.9 Å². The molecule has 4 saturated carbocycles. The summed E-state index contributed by atoms with van der Waals surface area (Å²) >= 11 is 0. The highest BCUT2D eigenvalue weighted by Gasteiger charge is 2.74. The number of carboxylic acids is 1. The van der Waals surface area contributed by atoms with E-state index >= 15 is 0 Å². The smallest absolute Gasteiger partial charge is 0.309 e. The third kappa shape index (κ3) is 2.97. The zero-order valence-corrected chi connectivity index (χ0v) is 22.2. The van der Waals surface area contributed by atoms with Crippen LogP contribution in [0.2, 0.25) is 0 Å². The molecule has 0 amide bonds. The molecule has 5 fully saturated rings. The fourth-order valence-electron chi connectivity index (χ4n) is 10.8. The first-order valence-corrected chi connectivity index (χ1v) is 13.7. The van der Waals surface area contributed by atoms with E-state index < -0.39 is 22.9 Å². The molecular formula is C30H44O5. The Morgan fingerprint density at radius 1 is 1.00 bits per heavy atom. The number of aliphatic hydroxyl groups is 1. The van der Waals surface area contributed by atoms with Crippen LogP contribution < -0.4 is 0 Å². The number of allylic oxidation sites excluding steroid dienone is 2. The zero-order chi connectivity index (χ0) is 25.7. The van der Waals surface area contributed by atoms with E-state index in [1.807, 2.05) is 0 Å². The van der Waals surface area contributed by atoms with E-state index in [4.69, 9.17) is 4.74 Å². The highest BCUT2D eigenvalue weighted by molar-refractivity contribution is 5.76. The number of fused-ring (bicyclic) bond motifs is 4. The van der Waals surface area contributed by atoms with E-state index in [2.05, 4.69) is 47.8 Å². The van der Waals surface area contributed by atoms with Gasteiger partial charge in [-0.05, 0) is 93.3 Å². The summed E-state index contributed by atoms with van der Waals surface area (Å²) < 4.78 is 6.21. The number of carboxylic acid groups (broad SMARTS) is 1. The molecule has 5 rings (SSSR count). The molecule has 0 aromatic heterocycles. The van der Waals surface area contributed by atoms with E-state index in [9.17, 15) is 19.8 Å². The van der Waals surface area contributed by atoms with Crippen molar-refractivity contribution < 1.29 is 24.5 Å². The Bertz CT molecular complexity index is 985. The second-order valence-electron chi connectivity index (χ2n) is 13.7. The maximum Gasteiger partial charge on any atom is 0.309 e. The molecule has 5 nitrogen and oxygen atoms in total. The van der Waals surface area contributed by atoms with Crippen LogP contribution in [0.4, 0.5) is 0 Å². The van der Waals surface area contributed by atoms with Crippen molar-refractivity contribution in [3.63, 3.8) is 0 Å². The molecule has 11 atom stereocenters. The largest absolute Gasteiger partial charge is 0.481 e. The van der Waals surface area contributed by atoms with Crippen LogP contribution in [0.3, 0.4) is 0 Å². The zero-order valence-electron chi connectivity index (χ0n) is 22.2. The predicted molar refractivity (Wildman–Crippen MR) is 134 cm³/mol. The molecular weight excluding hydrogens is 440 g/mol. The Balaban J connectivity index is 1.69. The molecule has 1 heterocycles. The molecule has 1 saturated heterocycles. The van der Waals surface area contributed by atoms with Gasteiger partial charge in [0.1, 0.15) is 6.10 Å². The van der Waals surface area contributed by atoms with E-state index in [0.29, 0.717) is 19.3 Å². The average Bonchev–Trinajstić information content (AvgIpc) is 3.12. The number of esters is 1. The number of aliphatic hydroxyl groups excluding tert-OH is 1. The number of hydrogen-bond acceptors (Lipinski definition) is 4. The fraction of sp³-hybridized carbons (Fsp3) is 0.800. The van der Waals surface area contributed by atoms with Gasteiger partial charge in [-0.1, -0.05) is 45.1 Å². The van der Waals surface area contributed by atoms with Crippen molar-refractivity contribution in [1.29, 1.82) is 0 Å². The van der Waals surface area contributed by atoms with Crippen LogP contribution in [0.25, 0.3) is 0 Å². The van der Waals surface area contributed by atoms with Crippen LogP contribution in [0.15, 0.2) is 24.3 Å². The molecule has 0 bridgehead atoms. The minimum absolute atomic E-state index is 0.00558. The Kier molecular flexibility index (Phi) is 5.51. The lowest BCUT2D eigenvalue weighted by Gasteiger charge is -2.71. The quantitative estimate of drug-likeness (QED) is 0.392. The summed E-state index contributed by atoms with van der Waals surface area (Å²) in [5.74, 6) is -0.528. The lowest BCUT2D eigenvalue weighted by molar-refractivity contribution is -0.259. The van der Waals surface area contributed by atoms with Crippen molar-refractivity contribution in [3.05, 3.63) is 24.3 Å². The third-order valence-electron chi connectivity index (χ3n) is 12.6. The Morgan fingerprint density at radius 2 is 1.69 bits per heavy atom. The minimum Gasteiger partial charge on any atom is -0.481 e. The number of rotatable bonds is 3. The second-order valence-corrected chi connectivity index (χ2v) is 13.7. The number of aliphatic carboxylic acids is 1. The van der Waals surface area contributed by atoms with Crippen molar-refractivity contribution in [2.24, 2.45) is 51.2 Å². The third-order valence-corrected chi connectivity index (χ3v) is 12.6. The van der Waals surface area contributed by atoms with Gasteiger partial charge in [0.05, 0.1) is 17.9 Å². The summed E-state index contributed by atoms with van der Waals surface area (Å²) in [4.78, 5) is 25.8. The van der Waals surface area contributed by atoms with Gasteiger partial charge in [0.15, 0.2) is 0 Å². The lowest BCUT2D eigenvalue weighted by atomic mass is 9.33. The molecule has 35 heavy (non-hydrogen) atoms. The van der Waals surface area contributed by atoms with Crippen molar-refractivity contribution >= 4 is 11.9 Å². The SMILES string of the molecule is C=C(C)[C@@H]1CC[C@]2(C(=O)O)CC[C@]3(C)[C@H](C[C@H]4OC(=O)C[C@@H](O)[C@]5(C)[C@@H]4[C@@]3(C)CC[C@H]5C(=C)C)[C@H]12. The molecule has 0 aromatic rings. The van der Waals surface area contributed by atoms with E-state index in [1.54, 1.807) is 0 Å². The van der Waals surface area contributed by atoms with Crippen LogP contribution in [0.5, 0.6) is 0 Å². The van der Waals surface area contributed by atoms with Crippen LogP contribution >= 0.6 is 0 Å². The maximum absolute atomic E-state index is 13.0. The molecule has 5 aliphatic rings. The lowest BCUT2D eigenvalue weighted by Crippen LogP contribution is -2.69. The molecule has 4 aliphatic carbocycles. The van der Waals surface area contributed by atoms with Gasteiger partial charge in [0.2, 0.25) is 0 Å². The highest BCUT2D eigenvalue weighted by Crippen LogP contribution is 2.76. The summed E-state index contributed by atoms with van der Waals surface area (Å²) in [5.41, 5.74) is 0.644. The first-order valence-electron chi connectivity index (χ1n) is 13.7. The Morgan fingerprint density at radius 3 is 2.29 bits per heavy atom. The Labute approximate surface area is 210 Å². The number of carbonyl (C=O) groups excluding carboxylic acids is 1. The van der Waals surface area contributed by atoms with Gasteiger partial charge in [0.25, 0.3) is 0 Å². The second kappa shape index (κ2) is 7.69. The van der Waals surface area contributed by atoms with Crippen LogP contribution in [-0.2, 0) is 14.3 Å². The summed E-state index contributed by atoms with van der Waals surface area (Å²) in [6.45, 7) is 19.7. The monoisotopic (exact) mass is 484 g/mol. The van der Waals surface area contributed by atoms with Crippen molar-refractivity contribution in [2.45, 2.75) is 98.2 Å². The molecule has 1 aliphatic heterocycles. The molecule has 2 N–H and O–H groups in total. The van der Waals surface area contributed by atoms with Gasteiger partial charge in [-0.2, -0.15) is 0 Å². The molecule has 5 heteroatoms. The Hall–Kier alpha value is -1.62.